The summed E-state index contributed by atoms with van der Waals surface area (Å²) in [5, 5.41) is 6.62. The summed E-state index contributed by atoms with van der Waals surface area (Å²) < 4.78 is 4.82. The fourth-order valence-corrected chi connectivity index (χ4v) is 2.19. The molecule has 1 saturated heterocycles. The van der Waals surface area contributed by atoms with Crippen LogP contribution >= 0.6 is 0 Å². The number of nitrogens with zero attached hydrogens (tertiary/aromatic N) is 3. The van der Waals surface area contributed by atoms with Gasteiger partial charge in [-0.15, -0.1) is 0 Å². The maximum Gasteiger partial charge on any atom is 0.227 e. The molecule has 2 rings (SSSR count). The van der Waals surface area contributed by atoms with Crippen molar-refractivity contribution in [2.75, 3.05) is 19.6 Å². The number of rotatable bonds is 5. The fourth-order valence-electron chi connectivity index (χ4n) is 2.19. The van der Waals surface area contributed by atoms with E-state index < -0.39 is 0 Å². The molecule has 1 aliphatic rings. The second-order valence-corrected chi connectivity index (χ2v) is 4.80. The van der Waals surface area contributed by atoms with Gasteiger partial charge in [0, 0.05) is 19.5 Å². The molecule has 6 nitrogen and oxygen atoms in total. The number of aryl methyl sites for hydroxylation is 1. The average molecular weight is 252 g/mol. The van der Waals surface area contributed by atoms with Gasteiger partial charge in [0.1, 0.15) is 0 Å². The average Bonchev–Trinajstić information content (AvgIpc) is 2.97. The molecule has 18 heavy (non-hydrogen) atoms. The smallest absolute Gasteiger partial charge is 0.227 e. The maximum atomic E-state index is 11.7. The number of aromatic nitrogens is 2. The Kier molecular flexibility index (Phi) is 4.30. The number of likely N-dealkylation sites (tertiary alicyclic amines) is 1. The molecule has 0 aliphatic carbocycles. The van der Waals surface area contributed by atoms with Gasteiger partial charge in [-0.3, -0.25) is 9.69 Å². The Balaban J connectivity index is 1.71. The first-order valence-corrected chi connectivity index (χ1v) is 6.45. The summed E-state index contributed by atoms with van der Waals surface area (Å²) in [7, 11) is 0. The predicted octanol–water partition coefficient (Wildman–Crippen LogP) is 0.521. The zero-order valence-electron chi connectivity index (χ0n) is 11.0. The fraction of sp³-hybridized carbons (Fsp3) is 0.750. The van der Waals surface area contributed by atoms with Gasteiger partial charge in [0.25, 0.3) is 0 Å². The van der Waals surface area contributed by atoms with E-state index in [1.807, 2.05) is 0 Å². The standard InChI is InChI=1S/C12H20N4O2/c1-9(16-5-3-4-6-16)8-13-12(17)7-11-14-10(2)18-15-11/h9H,3-8H2,1-2H3,(H,13,17). The van der Waals surface area contributed by atoms with Crippen LogP contribution in [-0.2, 0) is 11.2 Å². The van der Waals surface area contributed by atoms with Crippen LogP contribution in [0.5, 0.6) is 0 Å². The van der Waals surface area contributed by atoms with E-state index in [4.69, 9.17) is 4.52 Å². The third-order valence-electron chi connectivity index (χ3n) is 3.25. The molecule has 6 heteroatoms. The molecule has 2 heterocycles. The highest BCUT2D eigenvalue weighted by Gasteiger charge is 2.18. The first-order chi connectivity index (χ1) is 8.65. The van der Waals surface area contributed by atoms with Gasteiger partial charge in [0.2, 0.25) is 11.8 Å². The van der Waals surface area contributed by atoms with E-state index in [0.717, 1.165) is 13.1 Å². The Bertz CT molecular complexity index is 399. The van der Waals surface area contributed by atoms with E-state index in [1.54, 1.807) is 6.92 Å². The highest BCUT2D eigenvalue weighted by atomic mass is 16.5. The van der Waals surface area contributed by atoms with Gasteiger partial charge in [-0.1, -0.05) is 5.16 Å². The van der Waals surface area contributed by atoms with Crippen molar-refractivity contribution in [1.82, 2.24) is 20.4 Å². The van der Waals surface area contributed by atoms with E-state index in [-0.39, 0.29) is 12.3 Å². The Labute approximate surface area is 107 Å². The molecule has 1 aromatic rings. The van der Waals surface area contributed by atoms with Gasteiger partial charge in [-0.05, 0) is 32.9 Å². The molecular weight excluding hydrogens is 232 g/mol. The predicted molar refractivity (Wildman–Crippen MR) is 66.0 cm³/mol. The molecule has 1 aromatic heterocycles. The van der Waals surface area contributed by atoms with Crippen molar-refractivity contribution in [3.63, 3.8) is 0 Å². The van der Waals surface area contributed by atoms with Crippen LogP contribution in [0, 0.1) is 6.92 Å². The van der Waals surface area contributed by atoms with Crippen molar-refractivity contribution < 1.29 is 9.32 Å². The second kappa shape index (κ2) is 5.95. The van der Waals surface area contributed by atoms with Crippen LogP contribution in [0.2, 0.25) is 0 Å². The molecule has 0 aromatic carbocycles. The van der Waals surface area contributed by atoms with E-state index in [1.165, 1.54) is 12.8 Å². The molecule has 1 unspecified atom stereocenters. The topological polar surface area (TPSA) is 71.3 Å². The molecule has 1 aliphatic heterocycles. The summed E-state index contributed by atoms with van der Waals surface area (Å²) in [5.74, 6) is 0.879. The third kappa shape index (κ3) is 3.53. The molecule has 1 amide bonds. The van der Waals surface area contributed by atoms with E-state index >= 15 is 0 Å². The first-order valence-electron chi connectivity index (χ1n) is 6.45. The number of amides is 1. The van der Waals surface area contributed by atoms with E-state index in [9.17, 15) is 4.79 Å². The SMILES string of the molecule is Cc1nc(CC(=O)NCC(C)N2CCCC2)no1. The van der Waals surface area contributed by atoms with Crippen molar-refractivity contribution in [2.24, 2.45) is 0 Å². The van der Waals surface area contributed by atoms with Crippen LogP contribution in [-0.4, -0.2) is 46.6 Å². The van der Waals surface area contributed by atoms with Crippen molar-refractivity contribution in [2.45, 2.75) is 39.2 Å². The minimum atomic E-state index is -0.0538. The number of nitrogens with one attached hydrogen (secondary N) is 1. The largest absolute Gasteiger partial charge is 0.354 e. The van der Waals surface area contributed by atoms with Crippen LogP contribution < -0.4 is 5.32 Å². The Morgan fingerprint density at radius 3 is 2.83 bits per heavy atom. The zero-order chi connectivity index (χ0) is 13.0. The minimum absolute atomic E-state index is 0.0538. The number of carbonyl (C=O) groups excluding carboxylic acids is 1. The molecule has 0 radical (unpaired) electrons. The molecule has 1 fully saturated rings. The molecule has 1 N–H and O–H groups in total. The zero-order valence-corrected chi connectivity index (χ0v) is 11.0. The van der Waals surface area contributed by atoms with E-state index in [2.05, 4.69) is 27.3 Å². The van der Waals surface area contributed by atoms with Gasteiger partial charge < -0.3 is 9.84 Å². The van der Waals surface area contributed by atoms with Crippen molar-refractivity contribution in [3.8, 4) is 0 Å². The lowest BCUT2D eigenvalue weighted by atomic mass is 10.3. The molecule has 1 atom stereocenters. The summed E-state index contributed by atoms with van der Waals surface area (Å²) in [6.45, 7) is 6.81. The maximum absolute atomic E-state index is 11.7. The van der Waals surface area contributed by atoms with Crippen molar-refractivity contribution in [3.05, 3.63) is 11.7 Å². The van der Waals surface area contributed by atoms with Crippen LogP contribution in [0.4, 0.5) is 0 Å². The molecule has 0 spiro atoms. The van der Waals surface area contributed by atoms with Crippen LogP contribution in [0.1, 0.15) is 31.5 Å². The lowest BCUT2D eigenvalue weighted by molar-refractivity contribution is -0.120. The first kappa shape index (κ1) is 13.0. The van der Waals surface area contributed by atoms with Crippen molar-refractivity contribution in [1.29, 1.82) is 0 Å². The monoisotopic (exact) mass is 252 g/mol. The molecular formula is C12H20N4O2. The van der Waals surface area contributed by atoms with Gasteiger partial charge >= 0.3 is 0 Å². The Hall–Kier alpha value is -1.43. The third-order valence-corrected chi connectivity index (χ3v) is 3.25. The summed E-state index contributed by atoms with van der Waals surface area (Å²) in [6, 6.07) is 0.392. The molecule has 0 saturated carbocycles. The highest BCUT2D eigenvalue weighted by molar-refractivity contribution is 5.77. The van der Waals surface area contributed by atoms with Crippen LogP contribution in [0.25, 0.3) is 0 Å². The summed E-state index contributed by atoms with van der Waals surface area (Å²) >= 11 is 0. The van der Waals surface area contributed by atoms with Crippen LogP contribution in [0.15, 0.2) is 4.52 Å². The quantitative estimate of drug-likeness (QED) is 0.827. The second-order valence-electron chi connectivity index (χ2n) is 4.80. The van der Waals surface area contributed by atoms with Gasteiger partial charge in [-0.2, -0.15) is 4.98 Å². The lowest BCUT2D eigenvalue weighted by Crippen LogP contribution is -2.41. The number of hydrogen-bond acceptors (Lipinski definition) is 5. The van der Waals surface area contributed by atoms with Crippen molar-refractivity contribution >= 4 is 5.91 Å². The molecule has 100 valence electrons. The summed E-state index contributed by atoms with van der Waals surface area (Å²) in [5.41, 5.74) is 0. The van der Waals surface area contributed by atoms with Gasteiger partial charge in [0.05, 0.1) is 6.42 Å². The summed E-state index contributed by atoms with van der Waals surface area (Å²) in [6.07, 6.45) is 2.71. The lowest BCUT2D eigenvalue weighted by Gasteiger charge is -2.23. The Morgan fingerprint density at radius 1 is 1.50 bits per heavy atom. The van der Waals surface area contributed by atoms with E-state index in [0.29, 0.717) is 24.3 Å². The Morgan fingerprint density at radius 2 is 2.22 bits per heavy atom. The van der Waals surface area contributed by atoms with Gasteiger partial charge in [0.15, 0.2) is 5.82 Å². The normalized spacial score (nSPS) is 17.9. The number of carbonyl (C=O) groups is 1. The van der Waals surface area contributed by atoms with Crippen LogP contribution in [0.3, 0.4) is 0 Å². The highest BCUT2D eigenvalue weighted by Crippen LogP contribution is 2.10. The molecule has 0 bridgehead atoms. The minimum Gasteiger partial charge on any atom is -0.354 e. The van der Waals surface area contributed by atoms with Gasteiger partial charge in [-0.25, -0.2) is 0 Å². The number of hydrogen-bond donors (Lipinski definition) is 1. The summed E-state index contributed by atoms with van der Waals surface area (Å²) in [4.78, 5) is 18.1.